The molecule has 0 aromatic carbocycles. The molecule has 0 aliphatic carbocycles. The van der Waals surface area contributed by atoms with Gasteiger partial charge in [0.2, 0.25) is 0 Å². The predicted molar refractivity (Wildman–Crippen MR) is 68.7 cm³/mol. The normalized spacial score (nSPS) is 35.5. The average Bonchev–Trinajstić information content (AvgIpc) is 2.42. The Morgan fingerprint density at radius 1 is 1.00 bits per heavy atom. The zero-order valence-corrected chi connectivity index (χ0v) is 11.7. The topological polar surface area (TPSA) is 88.4 Å². The Hall–Kier alpha value is -0.240. The minimum atomic E-state index is -1.28. The third-order valence-corrected chi connectivity index (χ3v) is 3.33. The van der Waals surface area contributed by atoms with E-state index < -0.39 is 30.7 Å². The van der Waals surface area contributed by atoms with Gasteiger partial charge in [-0.3, -0.25) is 0 Å². The Kier molecular flexibility index (Phi) is 7.82. The van der Waals surface area contributed by atoms with Crippen LogP contribution in [0.2, 0.25) is 0 Å². The van der Waals surface area contributed by atoms with Crippen LogP contribution in [0.3, 0.4) is 0 Å². The van der Waals surface area contributed by atoms with Crippen molar-refractivity contribution in [3.63, 3.8) is 0 Å². The van der Waals surface area contributed by atoms with Crippen LogP contribution in [-0.4, -0.2) is 66.3 Å². The monoisotopic (exact) mass is 278 g/mol. The van der Waals surface area contributed by atoms with Gasteiger partial charge in [-0.1, -0.05) is 26.2 Å². The third kappa shape index (κ3) is 4.98. The molecule has 1 saturated heterocycles. The molecule has 0 radical (unpaired) electrons. The highest BCUT2D eigenvalue weighted by Gasteiger charge is 2.43. The maximum atomic E-state index is 9.79. The van der Waals surface area contributed by atoms with Crippen LogP contribution in [0.25, 0.3) is 0 Å². The second-order valence-corrected chi connectivity index (χ2v) is 4.89. The molecule has 0 saturated carbocycles. The van der Waals surface area contributed by atoms with E-state index >= 15 is 0 Å². The molecule has 6 nitrogen and oxygen atoms in total. The molecule has 0 unspecified atom stereocenters. The zero-order chi connectivity index (χ0) is 14.3. The number of ether oxygens (including phenoxy) is 3. The van der Waals surface area contributed by atoms with Crippen LogP contribution in [-0.2, 0) is 14.2 Å². The first-order valence-electron chi connectivity index (χ1n) is 6.92. The molecular formula is C13H26O6. The molecule has 0 amide bonds. The standard InChI is InChI=1S/C13H26O6/c1-3-4-5-6-7-18-8-9-10(14)11(15)12(16)13(17-2)19-9/h9-16H,3-8H2,1-2H3/t9-,10-,11+,12-,13+/m1/s1. The van der Waals surface area contributed by atoms with E-state index in [9.17, 15) is 15.3 Å². The van der Waals surface area contributed by atoms with Gasteiger partial charge >= 0.3 is 0 Å². The fraction of sp³-hybridized carbons (Fsp3) is 1.00. The molecule has 0 bridgehead atoms. The molecule has 1 heterocycles. The lowest BCUT2D eigenvalue weighted by Gasteiger charge is -2.39. The van der Waals surface area contributed by atoms with E-state index in [4.69, 9.17) is 14.2 Å². The van der Waals surface area contributed by atoms with Gasteiger partial charge in [-0.05, 0) is 6.42 Å². The van der Waals surface area contributed by atoms with E-state index in [0.717, 1.165) is 12.8 Å². The Morgan fingerprint density at radius 3 is 2.37 bits per heavy atom. The molecule has 3 N–H and O–H groups in total. The summed E-state index contributed by atoms with van der Waals surface area (Å²) in [6.45, 7) is 2.92. The van der Waals surface area contributed by atoms with E-state index in [1.807, 2.05) is 0 Å². The minimum absolute atomic E-state index is 0.178. The molecule has 1 fully saturated rings. The second-order valence-electron chi connectivity index (χ2n) is 4.89. The van der Waals surface area contributed by atoms with Crippen molar-refractivity contribution in [3.05, 3.63) is 0 Å². The lowest BCUT2D eigenvalue weighted by atomic mass is 9.99. The lowest BCUT2D eigenvalue weighted by Crippen LogP contribution is -2.59. The number of hydrogen-bond donors (Lipinski definition) is 3. The lowest BCUT2D eigenvalue weighted by molar-refractivity contribution is -0.296. The number of aliphatic hydroxyl groups is 3. The smallest absolute Gasteiger partial charge is 0.186 e. The Balaban J connectivity index is 2.28. The van der Waals surface area contributed by atoms with Crippen molar-refractivity contribution >= 4 is 0 Å². The Morgan fingerprint density at radius 2 is 1.74 bits per heavy atom. The molecule has 19 heavy (non-hydrogen) atoms. The summed E-state index contributed by atoms with van der Waals surface area (Å²) in [7, 11) is 1.38. The first-order valence-corrected chi connectivity index (χ1v) is 6.92. The van der Waals surface area contributed by atoms with Crippen molar-refractivity contribution in [2.45, 2.75) is 63.3 Å². The molecule has 0 spiro atoms. The maximum absolute atomic E-state index is 9.79. The van der Waals surface area contributed by atoms with Gasteiger partial charge in [0.1, 0.15) is 24.4 Å². The zero-order valence-electron chi connectivity index (χ0n) is 11.7. The largest absolute Gasteiger partial charge is 0.387 e. The number of aliphatic hydroxyl groups excluding tert-OH is 3. The van der Waals surface area contributed by atoms with Crippen molar-refractivity contribution in [2.75, 3.05) is 20.3 Å². The van der Waals surface area contributed by atoms with Crippen molar-refractivity contribution in [3.8, 4) is 0 Å². The van der Waals surface area contributed by atoms with Crippen molar-refractivity contribution in [1.29, 1.82) is 0 Å². The van der Waals surface area contributed by atoms with Gasteiger partial charge in [0.25, 0.3) is 0 Å². The molecule has 1 aliphatic heterocycles. The maximum Gasteiger partial charge on any atom is 0.186 e. The SMILES string of the molecule is CCCCCCOC[C@H]1O[C@H](OC)[C@H](O)[C@@H](O)[C@@H]1O. The van der Waals surface area contributed by atoms with Crippen LogP contribution in [0.1, 0.15) is 32.6 Å². The third-order valence-electron chi connectivity index (χ3n) is 3.33. The van der Waals surface area contributed by atoms with E-state index in [0.29, 0.717) is 6.61 Å². The average molecular weight is 278 g/mol. The highest BCUT2D eigenvalue weighted by Crippen LogP contribution is 2.21. The number of rotatable bonds is 8. The molecule has 6 heteroatoms. The first-order chi connectivity index (χ1) is 9.11. The number of methoxy groups -OCH3 is 1. The van der Waals surface area contributed by atoms with Gasteiger partial charge in [-0.15, -0.1) is 0 Å². The summed E-state index contributed by atoms with van der Waals surface area (Å²) >= 11 is 0. The van der Waals surface area contributed by atoms with Gasteiger partial charge in [-0.2, -0.15) is 0 Å². The fourth-order valence-corrected chi connectivity index (χ4v) is 2.08. The van der Waals surface area contributed by atoms with Crippen LogP contribution < -0.4 is 0 Å². The Bertz CT molecular complexity index is 235. The van der Waals surface area contributed by atoms with Crippen LogP contribution in [0, 0.1) is 0 Å². The van der Waals surface area contributed by atoms with Crippen LogP contribution in [0.5, 0.6) is 0 Å². The van der Waals surface area contributed by atoms with Crippen molar-refractivity contribution in [2.24, 2.45) is 0 Å². The van der Waals surface area contributed by atoms with Crippen molar-refractivity contribution in [1.82, 2.24) is 0 Å². The second kappa shape index (κ2) is 8.84. The molecule has 1 aliphatic rings. The van der Waals surface area contributed by atoms with Gasteiger partial charge in [0, 0.05) is 13.7 Å². The predicted octanol–water partition coefficient (Wildman–Crippen LogP) is 0.0373. The molecule has 114 valence electrons. The molecule has 0 aromatic rings. The summed E-state index contributed by atoms with van der Waals surface area (Å²) in [5.74, 6) is 0. The summed E-state index contributed by atoms with van der Waals surface area (Å²) in [5.41, 5.74) is 0. The van der Waals surface area contributed by atoms with E-state index in [-0.39, 0.29) is 6.61 Å². The molecular weight excluding hydrogens is 252 g/mol. The van der Waals surface area contributed by atoms with Crippen LogP contribution in [0.15, 0.2) is 0 Å². The molecule has 5 atom stereocenters. The minimum Gasteiger partial charge on any atom is -0.387 e. The highest BCUT2D eigenvalue weighted by atomic mass is 16.7. The highest BCUT2D eigenvalue weighted by molar-refractivity contribution is 4.88. The quantitative estimate of drug-likeness (QED) is 0.543. The number of unbranched alkanes of at least 4 members (excludes halogenated alkanes) is 3. The van der Waals surface area contributed by atoms with Gasteiger partial charge in [0.15, 0.2) is 6.29 Å². The van der Waals surface area contributed by atoms with E-state index in [1.54, 1.807) is 0 Å². The number of hydrogen-bond acceptors (Lipinski definition) is 6. The summed E-state index contributed by atoms with van der Waals surface area (Å²) < 4.78 is 15.7. The summed E-state index contributed by atoms with van der Waals surface area (Å²) in [5, 5.41) is 29.1. The molecule has 0 aromatic heterocycles. The first kappa shape index (κ1) is 16.8. The fourth-order valence-electron chi connectivity index (χ4n) is 2.08. The van der Waals surface area contributed by atoms with Gasteiger partial charge < -0.3 is 29.5 Å². The van der Waals surface area contributed by atoms with Crippen LogP contribution in [0.4, 0.5) is 0 Å². The van der Waals surface area contributed by atoms with E-state index in [2.05, 4.69) is 6.92 Å². The molecule has 1 rings (SSSR count). The Labute approximate surface area is 114 Å². The summed E-state index contributed by atoms with van der Waals surface area (Å²) in [6, 6.07) is 0. The summed E-state index contributed by atoms with van der Waals surface area (Å²) in [4.78, 5) is 0. The van der Waals surface area contributed by atoms with Gasteiger partial charge in [-0.25, -0.2) is 0 Å². The van der Waals surface area contributed by atoms with E-state index in [1.165, 1.54) is 20.0 Å². The summed E-state index contributed by atoms with van der Waals surface area (Å²) in [6.07, 6.45) is -0.888. The van der Waals surface area contributed by atoms with Gasteiger partial charge in [0.05, 0.1) is 6.61 Å². The van der Waals surface area contributed by atoms with Crippen molar-refractivity contribution < 1.29 is 29.5 Å². The van der Waals surface area contributed by atoms with Crippen LogP contribution >= 0.6 is 0 Å².